The summed E-state index contributed by atoms with van der Waals surface area (Å²) in [4.78, 5) is 0. The van der Waals surface area contributed by atoms with Crippen molar-refractivity contribution in [2.75, 3.05) is 0 Å². The van der Waals surface area contributed by atoms with Crippen molar-refractivity contribution in [3.63, 3.8) is 0 Å². The second-order valence-electron chi connectivity index (χ2n) is 13.6. The minimum absolute atomic E-state index is 0.0932. The first kappa shape index (κ1) is 32.8. The van der Waals surface area contributed by atoms with E-state index in [0.29, 0.717) is 26.1 Å². The van der Waals surface area contributed by atoms with Crippen LogP contribution < -0.4 is 4.74 Å². The van der Waals surface area contributed by atoms with E-state index in [9.17, 15) is 0 Å². The monoisotopic (exact) mass is 636 g/mol. The van der Waals surface area contributed by atoms with Gasteiger partial charge in [0.25, 0.3) is 0 Å². The number of rotatable bonds is 10. The Morgan fingerprint density at radius 2 is 1.27 bits per heavy atom. The van der Waals surface area contributed by atoms with Crippen molar-refractivity contribution in [2.24, 2.45) is 0 Å². The molecule has 0 N–H and O–H groups in total. The van der Waals surface area contributed by atoms with Gasteiger partial charge in [-0.3, -0.25) is 0 Å². The molecule has 0 amide bonds. The zero-order chi connectivity index (χ0) is 29.9. The Bertz CT molecular complexity index is 1300. The van der Waals surface area contributed by atoms with Crippen LogP contribution in [0.4, 0.5) is 0 Å². The van der Waals surface area contributed by atoms with Crippen LogP contribution >= 0.6 is 15.9 Å². The molecule has 3 aromatic rings. The van der Waals surface area contributed by atoms with Crippen molar-refractivity contribution in [3.05, 3.63) is 87.4 Å². The Hall–Kier alpha value is -1.71. The molecule has 0 aliphatic rings. The summed E-state index contributed by atoms with van der Waals surface area (Å²) >= 11 is 3.57. The molecular formula is C34H45BrO3Si2. The maximum absolute atomic E-state index is 6.59. The number of ether oxygens (including phenoxy) is 1. The number of aryl methyl sites for hydroxylation is 1. The van der Waals surface area contributed by atoms with Crippen molar-refractivity contribution < 1.29 is 13.6 Å². The molecule has 0 saturated carbocycles. The lowest BCUT2D eigenvalue weighted by atomic mass is 9.84. The van der Waals surface area contributed by atoms with E-state index in [1.54, 1.807) is 0 Å². The van der Waals surface area contributed by atoms with Gasteiger partial charge >= 0.3 is 0 Å². The third-order valence-electron chi connectivity index (χ3n) is 6.34. The van der Waals surface area contributed by atoms with Gasteiger partial charge in [0.1, 0.15) is 12.4 Å². The molecule has 6 heteroatoms. The van der Waals surface area contributed by atoms with Gasteiger partial charge in [0.15, 0.2) is 0 Å². The van der Waals surface area contributed by atoms with Crippen molar-refractivity contribution in [1.82, 2.24) is 0 Å². The second kappa shape index (κ2) is 12.7. The fourth-order valence-corrected chi connectivity index (χ4v) is 6.06. The van der Waals surface area contributed by atoms with Crippen molar-refractivity contribution in [3.8, 4) is 16.9 Å². The minimum atomic E-state index is -0.485. The highest BCUT2D eigenvalue weighted by Crippen LogP contribution is 2.39. The standard InChI is InChI=1S/C34H45BrO3Si2/c1-23-19-26(35)16-17-28(23)25-13-12-14-27(21-25)36-22-24-15-18-29(33(8,9)37-39-31(2,3)4)30(20-24)34(10,11)38-40-32(5,6)7/h12-21H,22H2,1-11H3. The van der Waals surface area contributed by atoms with Gasteiger partial charge in [-0.25, -0.2) is 0 Å². The van der Waals surface area contributed by atoms with Gasteiger partial charge in [0.2, 0.25) is 19.5 Å². The highest BCUT2D eigenvalue weighted by molar-refractivity contribution is 9.10. The van der Waals surface area contributed by atoms with Crippen LogP contribution in [0.3, 0.4) is 0 Å². The van der Waals surface area contributed by atoms with Gasteiger partial charge in [-0.05, 0) is 108 Å². The first-order valence-electron chi connectivity index (χ1n) is 13.9. The van der Waals surface area contributed by atoms with Crippen LogP contribution in [0.15, 0.2) is 65.1 Å². The Kier molecular flexibility index (Phi) is 10.4. The number of benzene rings is 3. The maximum Gasteiger partial charge on any atom is 0.236 e. The zero-order valence-electron chi connectivity index (χ0n) is 26.1. The Morgan fingerprint density at radius 3 is 1.85 bits per heavy atom. The molecule has 0 unspecified atom stereocenters. The summed E-state index contributed by atoms with van der Waals surface area (Å²) in [5.41, 5.74) is 6.05. The highest BCUT2D eigenvalue weighted by atomic mass is 79.9. The van der Waals surface area contributed by atoms with E-state index in [4.69, 9.17) is 13.6 Å². The lowest BCUT2D eigenvalue weighted by Crippen LogP contribution is -2.34. The molecule has 0 aliphatic heterocycles. The molecule has 3 aromatic carbocycles. The predicted octanol–water partition coefficient (Wildman–Crippen LogP) is 10.2. The van der Waals surface area contributed by atoms with Crippen LogP contribution in [0, 0.1) is 6.92 Å². The largest absolute Gasteiger partial charge is 0.489 e. The first-order chi connectivity index (χ1) is 18.4. The molecule has 0 bridgehead atoms. The molecule has 3 rings (SSSR count). The summed E-state index contributed by atoms with van der Waals surface area (Å²) in [6.45, 7) is 24.6. The van der Waals surface area contributed by atoms with E-state index in [0.717, 1.165) is 32.5 Å². The molecular weight excluding hydrogens is 592 g/mol. The molecule has 214 valence electrons. The molecule has 40 heavy (non-hydrogen) atoms. The summed E-state index contributed by atoms with van der Waals surface area (Å²) in [6, 6.07) is 21.3. The van der Waals surface area contributed by atoms with Crippen LogP contribution in [-0.2, 0) is 26.7 Å². The first-order valence-corrected chi connectivity index (χ1v) is 16.5. The highest BCUT2D eigenvalue weighted by Gasteiger charge is 2.34. The van der Waals surface area contributed by atoms with Crippen LogP contribution in [-0.4, -0.2) is 19.5 Å². The van der Waals surface area contributed by atoms with E-state index in [-0.39, 0.29) is 10.1 Å². The van der Waals surface area contributed by atoms with Crippen molar-refractivity contribution in [1.29, 1.82) is 0 Å². The van der Waals surface area contributed by atoms with Crippen LogP contribution in [0.2, 0.25) is 10.1 Å². The van der Waals surface area contributed by atoms with Gasteiger partial charge in [0.05, 0.1) is 11.2 Å². The average molecular weight is 638 g/mol. The summed E-state index contributed by atoms with van der Waals surface area (Å²) in [6.07, 6.45) is 0. The summed E-state index contributed by atoms with van der Waals surface area (Å²) in [7, 11) is 0.762. The fraction of sp³-hybridized carbons (Fsp3) is 0.471. The maximum atomic E-state index is 6.59. The molecule has 4 radical (unpaired) electrons. The number of halogens is 1. The lowest BCUT2D eigenvalue weighted by Gasteiger charge is -2.37. The zero-order valence-corrected chi connectivity index (χ0v) is 29.7. The molecule has 0 aliphatic carbocycles. The van der Waals surface area contributed by atoms with E-state index >= 15 is 0 Å². The number of hydrogen-bond acceptors (Lipinski definition) is 3. The third kappa shape index (κ3) is 9.42. The SMILES string of the molecule is Cc1cc(Br)ccc1-c1cccc(OCc2ccc(C(C)(C)O[Si]C(C)(C)C)c(C(C)(C)O[Si]C(C)(C)C)c2)c1. The van der Waals surface area contributed by atoms with Gasteiger partial charge < -0.3 is 13.6 Å². The normalized spacial score (nSPS) is 13.0. The number of hydrogen-bond donors (Lipinski definition) is 0. The van der Waals surface area contributed by atoms with Gasteiger partial charge in [-0.15, -0.1) is 0 Å². The minimum Gasteiger partial charge on any atom is -0.489 e. The molecule has 0 aromatic heterocycles. The third-order valence-corrected chi connectivity index (χ3v) is 9.29. The van der Waals surface area contributed by atoms with Gasteiger partial charge in [0, 0.05) is 4.47 Å². The van der Waals surface area contributed by atoms with E-state index < -0.39 is 11.2 Å². The molecule has 0 heterocycles. The smallest absolute Gasteiger partial charge is 0.236 e. The van der Waals surface area contributed by atoms with Crippen LogP contribution in [0.1, 0.15) is 91.5 Å². The van der Waals surface area contributed by atoms with Gasteiger partial charge in [-0.1, -0.05) is 87.8 Å². The van der Waals surface area contributed by atoms with Crippen LogP contribution in [0.5, 0.6) is 5.75 Å². The molecule has 0 fully saturated rings. The topological polar surface area (TPSA) is 27.7 Å². The molecule has 0 atom stereocenters. The summed E-state index contributed by atoms with van der Waals surface area (Å²) < 4.78 is 20.6. The van der Waals surface area contributed by atoms with Crippen molar-refractivity contribution >= 4 is 35.5 Å². The second-order valence-corrected chi connectivity index (χ2v) is 18.3. The average Bonchev–Trinajstić information content (AvgIpc) is 2.84. The van der Waals surface area contributed by atoms with Crippen LogP contribution in [0.25, 0.3) is 11.1 Å². The van der Waals surface area contributed by atoms with E-state index in [1.165, 1.54) is 11.1 Å². The Balaban J connectivity index is 1.91. The molecule has 0 saturated heterocycles. The lowest BCUT2D eigenvalue weighted by molar-refractivity contribution is 0.0828. The molecule has 0 spiro atoms. The summed E-state index contributed by atoms with van der Waals surface area (Å²) in [5, 5.41) is 0.199. The quantitative estimate of drug-likeness (QED) is 0.207. The summed E-state index contributed by atoms with van der Waals surface area (Å²) in [5.74, 6) is 0.852. The Morgan fingerprint density at radius 1 is 0.675 bits per heavy atom. The van der Waals surface area contributed by atoms with E-state index in [2.05, 4.69) is 147 Å². The Labute approximate surface area is 256 Å². The van der Waals surface area contributed by atoms with Crippen molar-refractivity contribution in [2.45, 2.75) is 104 Å². The fourth-order valence-electron chi connectivity index (χ4n) is 4.25. The predicted molar refractivity (Wildman–Crippen MR) is 174 cm³/mol. The molecule has 3 nitrogen and oxygen atoms in total. The van der Waals surface area contributed by atoms with Gasteiger partial charge in [-0.2, -0.15) is 0 Å². The van der Waals surface area contributed by atoms with E-state index in [1.807, 2.05) is 6.07 Å².